The first kappa shape index (κ1) is 18.6. The van der Waals surface area contributed by atoms with E-state index in [0.717, 1.165) is 16.7 Å². The van der Waals surface area contributed by atoms with Crippen LogP contribution in [-0.4, -0.2) is 22.0 Å². The Kier molecular flexibility index (Phi) is 5.84. The predicted octanol–water partition coefficient (Wildman–Crippen LogP) is 4.77. The number of ether oxygens (including phenoxy) is 1. The van der Waals surface area contributed by atoms with E-state index in [1.165, 1.54) is 0 Å². The van der Waals surface area contributed by atoms with Crippen LogP contribution in [-0.2, 0) is 4.74 Å². The van der Waals surface area contributed by atoms with Crippen LogP contribution in [0.4, 0.5) is 4.79 Å². The van der Waals surface area contributed by atoms with Crippen molar-refractivity contribution in [3.63, 3.8) is 0 Å². The monoisotopic (exact) mass is 337 g/mol. The van der Waals surface area contributed by atoms with Crippen LogP contribution in [0.25, 0.3) is 0 Å². The van der Waals surface area contributed by atoms with E-state index >= 15 is 0 Å². The highest BCUT2D eigenvalue weighted by atomic mass is 16.6. The Morgan fingerprint density at radius 2 is 1.64 bits per heavy atom. The van der Waals surface area contributed by atoms with Crippen molar-refractivity contribution in [3.05, 3.63) is 71.3 Å². The van der Waals surface area contributed by atoms with Gasteiger partial charge in [0.05, 0.1) is 6.04 Å². The van der Waals surface area contributed by atoms with Gasteiger partial charge in [0.1, 0.15) is 5.60 Å². The van der Waals surface area contributed by atoms with Gasteiger partial charge in [-0.3, -0.25) is 5.21 Å². The third-order valence-corrected chi connectivity index (χ3v) is 3.44. The van der Waals surface area contributed by atoms with Crippen molar-refractivity contribution in [3.8, 4) is 11.8 Å². The van der Waals surface area contributed by atoms with E-state index < -0.39 is 17.7 Å². The first-order chi connectivity index (χ1) is 11.8. The SMILES string of the molecule is CC(c1cccc(C#Cc2ccccc2)c1)N(O)C(=O)OC(C)(C)C. The summed E-state index contributed by atoms with van der Waals surface area (Å²) < 4.78 is 5.19. The maximum absolute atomic E-state index is 12.0. The molecule has 25 heavy (non-hydrogen) atoms. The molecule has 0 aliphatic heterocycles. The number of hydroxylamine groups is 2. The average molecular weight is 337 g/mol. The van der Waals surface area contributed by atoms with Crippen LogP contribution in [0.3, 0.4) is 0 Å². The number of amides is 1. The summed E-state index contributed by atoms with van der Waals surface area (Å²) in [6.07, 6.45) is -0.777. The highest BCUT2D eigenvalue weighted by molar-refractivity contribution is 5.67. The molecule has 0 aromatic heterocycles. The van der Waals surface area contributed by atoms with Gasteiger partial charge in [-0.05, 0) is 57.5 Å². The molecule has 4 nitrogen and oxygen atoms in total. The van der Waals surface area contributed by atoms with E-state index in [2.05, 4.69) is 11.8 Å². The number of hydrogen-bond acceptors (Lipinski definition) is 3. The van der Waals surface area contributed by atoms with Crippen molar-refractivity contribution in [2.45, 2.75) is 39.3 Å². The zero-order chi connectivity index (χ0) is 18.4. The Labute approximate surface area is 149 Å². The van der Waals surface area contributed by atoms with Crippen LogP contribution in [0.15, 0.2) is 54.6 Å². The van der Waals surface area contributed by atoms with Crippen molar-refractivity contribution in [1.29, 1.82) is 0 Å². The molecule has 0 bridgehead atoms. The predicted molar refractivity (Wildman–Crippen MR) is 97.1 cm³/mol. The zero-order valence-corrected chi connectivity index (χ0v) is 15.0. The number of benzene rings is 2. The molecule has 0 spiro atoms. The van der Waals surface area contributed by atoms with Crippen LogP contribution in [0, 0.1) is 11.8 Å². The minimum Gasteiger partial charge on any atom is -0.442 e. The third-order valence-electron chi connectivity index (χ3n) is 3.44. The van der Waals surface area contributed by atoms with Crippen LogP contribution < -0.4 is 0 Å². The quantitative estimate of drug-likeness (QED) is 0.488. The lowest BCUT2D eigenvalue weighted by Gasteiger charge is -2.27. The van der Waals surface area contributed by atoms with Crippen LogP contribution >= 0.6 is 0 Å². The number of nitrogens with zero attached hydrogens (tertiary/aromatic N) is 1. The first-order valence-electron chi connectivity index (χ1n) is 8.14. The van der Waals surface area contributed by atoms with Crippen molar-refractivity contribution in [2.75, 3.05) is 0 Å². The maximum atomic E-state index is 12.0. The lowest BCUT2D eigenvalue weighted by molar-refractivity contribution is -0.117. The molecule has 4 heteroatoms. The molecule has 2 aromatic rings. The highest BCUT2D eigenvalue weighted by Crippen LogP contribution is 2.21. The second-order valence-corrected chi connectivity index (χ2v) is 6.74. The lowest BCUT2D eigenvalue weighted by Crippen LogP contribution is -2.36. The van der Waals surface area contributed by atoms with Gasteiger partial charge in [0.25, 0.3) is 0 Å². The molecule has 2 rings (SSSR count). The second kappa shape index (κ2) is 7.87. The summed E-state index contributed by atoms with van der Waals surface area (Å²) in [6, 6.07) is 16.6. The van der Waals surface area contributed by atoms with E-state index in [1.807, 2.05) is 54.6 Å². The standard InChI is InChI=1S/C21H23NO3/c1-16(22(24)20(23)25-21(2,3)4)19-12-8-11-18(15-19)14-13-17-9-6-5-7-10-17/h5-12,15-16,24H,1-4H3. The number of carbonyl (C=O) groups excluding carboxylic acids is 1. The van der Waals surface area contributed by atoms with Crippen molar-refractivity contribution in [2.24, 2.45) is 0 Å². The molecular formula is C21H23NO3. The maximum Gasteiger partial charge on any atom is 0.434 e. The summed E-state index contributed by atoms with van der Waals surface area (Å²) in [5.41, 5.74) is 1.85. The fourth-order valence-electron chi connectivity index (χ4n) is 2.15. The Morgan fingerprint density at radius 3 is 2.28 bits per heavy atom. The number of carbonyl (C=O) groups is 1. The largest absolute Gasteiger partial charge is 0.442 e. The minimum absolute atomic E-state index is 0.548. The van der Waals surface area contributed by atoms with Crippen LogP contribution in [0.1, 0.15) is 50.4 Å². The van der Waals surface area contributed by atoms with E-state index in [4.69, 9.17) is 4.74 Å². The van der Waals surface area contributed by atoms with Crippen molar-refractivity contribution >= 4 is 6.09 Å². The Balaban J connectivity index is 2.15. The molecule has 130 valence electrons. The van der Waals surface area contributed by atoms with Gasteiger partial charge in [-0.1, -0.05) is 42.2 Å². The van der Waals surface area contributed by atoms with E-state index in [1.54, 1.807) is 27.7 Å². The van der Waals surface area contributed by atoms with Gasteiger partial charge in [-0.2, -0.15) is 5.06 Å². The number of rotatable bonds is 2. The van der Waals surface area contributed by atoms with Gasteiger partial charge in [0, 0.05) is 11.1 Å². The van der Waals surface area contributed by atoms with Crippen LogP contribution in [0.5, 0.6) is 0 Å². The average Bonchev–Trinajstić information content (AvgIpc) is 2.58. The molecule has 0 saturated heterocycles. The summed E-state index contributed by atoms with van der Waals surface area (Å²) in [5, 5.41) is 10.7. The highest BCUT2D eigenvalue weighted by Gasteiger charge is 2.25. The van der Waals surface area contributed by atoms with Crippen molar-refractivity contribution in [1.82, 2.24) is 5.06 Å². The minimum atomic E-state index is -0.777. The van der Waals surface area contributed by atoms with Gasteiger partial charge in [-0.15, -0.1) is 0 Å². The summed E-state index contributed by atoms with van der Waals surface area (Å²) in [5.74, 6) is 6.19. The molecule has 2 aromatic carbocycles. The van der Waals surface area contributed by atoms with Gasteiger partial charge in [0.15, 0.2) is 0 Å². The molecule has 1 N–H and O–H groups in total. The second-order valence-electron chi connectivity index (χ2n) is 6.74. The topological polar surface area (TPSA) is 49.8 Å². The molecule has 0 aliphatic carbocycles. The molecule has 0 saturated carbocycles. The van der Waals surface area contributed by atoms with Gasteiger partial charge in [-0.25, -0.2) is 4.79 Å². The fraction of sp³-hybridized carbons (Fsp3) is 0.286. The molecule has 1 amide bonds. The summed E-state index contributed by atoms with van der Waals surface area (Å²) >= 11 is 0. The molecule has 0 aliphatic rings. The Bertz CT molecular complexity index is 782. The summed E-state index contributed by atoms with van der Waals surface area (Å²) in [6.45, 7) is 6.99. The Hall–Kier alpha value is -2.77. The molecule has 0 fully saturated rings. The third kappa shape index (κ3) is 5.66. The van der Waals surface area contributed by atoms with Crippen LogP contribution in [0.2, 0.25) is 0 Å². The summed E-state index contributed by atoms with van der Waals surface area (Å²) in [7, 11) is 0. The van der Waals surface area contributed by atoms with E-state index in [-0.39, 0.29) is 0 Å². The fourth-order valence-corrected chi connectivity index (χ4v) is 2.15. The van der Waals surface area contributed by atoms with Gasteiger partial charge >= 0.3 is 6.09 Å². The Morgan fingerprint density at radius 1 is 1.04 bits per heavy atom. The first-order valence-corrected chi connectivity index (χ1v) is 8.14. The normalized spacial score (nSPS) is 11.9. The smallest absolute Gasteiger partial charge is 0.434 e. The zero-order valence-electron chi connectivity index (χ0n) is 15.0. The molecule has 1 unspecified atom stereocenters. The summed E-state index contributed by atoms with van der Waals surface area (Å²) in [4.78, 5) is 12.0. The van der Waals surface area contributed by atoms with Crippen molar-refractivity contribution < 1.29 is 14.7 Å². The van der Waals surface area contributed by atoms with E-state index in [0.29, 0.717) is 5.06 Å². The van der Waals surface area contributed by atoms with Gasteiger partial charge in [0.2, 0.25) is 0 Å². The van der Waals surface area contributed by atoms with Gasteiger partial charge < -0.3 is 4.74 Å². The lowest BCUT2D eigenvalue weighted by atomic mass is 10.0. The molecule has 0 heterocycles. The molecule has 0 radical (unpaired) electrons. The van der Waals surface area contributed by atoms with E-state index in [9.17, 15) is 10.0 Å². The molecule has 1 atom stereocenters. The molecular weight excluding hydrogens is 314 g/mol. The number of hydrogen-bond donors (Lipinski definition) is 1.